The second kappa shape index (κ2) is 6.27. The number of allylic oxidation sites excluding steroid dienone is 3. The molecule has 0 aliphatic rings. The number of halogens is 3. The second-order valence-corrected chi connectivity index (χ2v) is 3.10. The third-order valence-electron chi connectivity index (χ3n) is 1.47. The van der Waals surface area contributed by atoms with Crippen LogP contribution in [-0.2, 0) is 0 Å². The number of alkyl halides is 3. The summed E-state index contributed by atoms with van der Waals surface area (Å²) in [6.45, 7) is 3.37. The summed E-state index contributed by atoms with van der Waals surface area (Å²) >= 11 is 0. The smallest absolute Gasteiger partial charge is 0.401 e. The quantitative estimate of drug-likeness (QED) is 0.726. The Bertz CT molecular complexity index is 271. The number of rotatable bonds is 4. The Balaban J connectivity index is 4.67. The summed E-state index contributed by atoms with van der Waals surface area (Å²) in [7, 11) is 0. The van der Waals surface area contributed by atoms with Crippen LogP contribution in [-0.4, -0.2) is 12.4 Å². The summed E-state index contributed by atoms with van der Waals surface area (Å²) in [4.78, 5) is 3.49. The molecule has 0 aromatic carbocycles. The van der Waals surface area contributed by atoms with Gasteiger partial charge in [0.15, 0.2) is 0 Å². The van der Waals surface area contributed by atoms with Crippen molar-refractivity contribution >= 4 is 6.21 Å². The fraction of sp³-hybridized carbons (Fsp3) is 0.500. The molecule has 2 N–H and O–H groups in total. The van der Waals surface area contributed by atoms with Gasteiger partial charge in [-0.15, -0.1) is 0 Å². The van der Waals surface area contributed by atoms with Crippen LogP contribution in [0, 0.1) is 0 Å². The first kappa shape index (κ1) is 13.7. The van der Waals surface area contributed by atoms with Gasteiger partial charge in [-0.3, -0.25) is 4.99 Å². The highest BCUT2D eigenvalue weighted by molar-refractivity contribution is 5.80. The first-order valence-electron chi connectivity index (χ1n) is 4.60. The Morgan fingerprint density at radius 1 is 1.40 bits per heavy atom. The molecular weight excluding hydrogens is 205 g/mol. The van der Waals surface area contributed by atoms with Crippen LogP contribution in [0.25, 0.3) is 0 Å². The van der Waals surface area contributed by atoms with Crippen LogP contribution in [0.5, 0.6) is 0 Å². The van der Waals surface area contributed by atoms with E-state index in [1.165, 1.54) is 6.20 Å². The fourth-order valence-electron chi connectivity index (χ4n) is 0.777. The van der Waals surface area contributed by atoms with E-state index in [0.717, 1.165) is 12.3 Å². The Kier molecular flexibility index (Phi) is 5.74. The van der Waals surface area contributed by atoms with Crippen molar-refractivity contribution in [2.45, 2.75) is 32.9 Å². The van der Waals surface area contributed by atoms with Gasteiger partial charge in [-0.05, 0) is 13.3 Å². The van der Waals surface area contributed by atoms with E-state index in [1.54, 1.807) is 6.92 Å². The lowest BCUT2D eigenvalue weighted by atomic mass is 10.2. The summed E-state index contributed by atoms with van der Waals surface area (Å²) in [5.41, 5.74) is 4.86. The lowest BCUT2D eigenvalue weighted by Crippen LogP contribution is -2.12. The van der Waals surface area contributed by atoms with Gasteiger partial charge in [-0.2, -0.15) is 13.2 Å². The molecule has 5 heteroatoms. The number of nitrogens with two attached hydrogens (primary N) is 1. The van der Waals surface area contributed by atoms with Crippen molar-refractivity contribution in [1.82, 2.24) is 0 Å². The minimum atomic E-state index is -4.35. The number of hydrogen-bond acceptors (Lipinski definition) is 2. The molecule has 0 fully saturated rings. The van der Waals surface area contributed by atoms with Crippen LogP contribution in [0.2, 0.25) is 0 Å². The lowest BCUT2D eigenvalue weighted by molar-refractivity contribution is -0.0858. The molecule has 86 valence electrons. The highest BCUT2D eigenvalue weighted by atomic mass is 19.4. The standard InChI is InChI=1S/C10H15F3N2/c1-3-4-5-9(10(11,12)13)7-15-6-8(2)14/h5-7H,3-4,14H2,1-2H3/b8-6+,9-5-,15-7+. The number of hydrogen-bond donors (Lipinski definition) is 1. The van der Waals surface area contributed by atoms with E-state index in [1.807, 2.05) is 6.92 Å². The molecule has 0 aromatic rings. The van der Waals surface area contributed by atoms with Crippen LogP contribution in [0.4, 0.5) is 13.2 Å². The van der Waals surface area contributed by atoms with Crippen molar-refractivity contribution in [2.75, 3.05) is 0 Å². The largest absolute Gasteiger partial charge is 0.417 e. The zero-order valence-corrected chi connectivity index (χ0v) is 8.80. The first-order valence-corrected chi connectivity index (χ1v) is 4.60. The Morgan fingerprint density at radius 2 is 2.00 bits per heavy atom. The molecule has 0 aliphatic carbocycles. The van der Waals surface area contributed by atoms with Crippen LogP contribution in [0.1, 0.15) is 26.7 Å². The first-order chi connectivity index (χ1) is 6.88. The lowest BCUT2D eigenvalue weighted by Gasteiger charge is -2.06. The molecule has 0 unspecified atom stereocenters. The highest BCUT2D eigenvalue weighted by Crippen LogP contribution is 2.24. The van der Waals surface area contributed by atoms with Gasteiger partial charge < -0.3 is 5.73 Å². The molecule has 0 saturated carbocycles. The molecule has 2 nitrogen and oxygen atoms in total. The highest BCUT2D eigenvalue weighted by Gasteiger charge is 2.31. The van der Waals surface area contributed by atoms with Gasteiger partial charge in [0, 0.05) is 18.1 Å². The fourth-order valence-corrected chi connectivity index (χ4v) is 0.777. The molecule has 0 saturated heterocycles. The topological polar surface area (TPSA) is 38.4 Å². The average Bonchev–Trinajstić information content (AvgIpc) is 2.08. The van der Waals surface area contributed by atoms with Crippen molar-refractivity contribution < 1.29 is 13.2 Å². The maximum atomic E-state index is 12.4. The predicted molar refractivity (Wildman–Crippen MR) is 55.5 cm³/mol. The van der Waals surface area contributed by atoms with Crippen LogP contribution < -0.4 is 5.73 Å². The third-order valence-corrected chi connectivity index (χ3v) is 1.47. The van der Waals surface area contributed by atoms with Crippen LogP contribution in [0.15, 0.2) is 28.5 Å². The predicted octanol–water partition coefficient (Wildman–Crippen LogP) is 3.17. The van der Waals surface area contributed by atoms with Crippen LogP contribution in [0.3, 0.4) is 0 Å². The minimum absolute atomic E-state index is 0.364. The summed E-state index contributed by atoms with van der Waals surface area (Å²) < 4.78 is 37.1. The van der Waals surface area contributed by atoms with Crippen molar-refractivity contribution in [3.05, 3.63) is 23.5 Å². The molecular formula is C10H15F3N2. The molecule has 0 spiro atoms. The number of nitrogens with zero attached hydrogens (tertiary/aromatic N) is 1. The van der Waals surface area contributed by atoms with Crippen LogP contribution >= 0.6 is 0 Å². The molecule has 0 amide bonds. The molecule has 0 radical (unpaired) electrons. The van der Waals surface area contributed by atoms with E-state index in [-0.39, 0.29) is 0 Å². The second-order valence-electron chi connectivity index (χ2n) is 3.10. The minimum Gasteiger partial charge on any atom is -0.401 e. The normalized spacial score (nSPS) is 15.0. The van der Waals surface area contributed by atoms with E-state index in [0.29, 0.717) is 18.5 Å². The van der Waals surface area contributed by atoms with Crippen molar-refractivity contribution in [3.8, 4) is 0 Å². The molecule has 0 aliphatic heterocycles. The Hall–Kier alpha value is -1.26. The number of unbranched alkanes of at least 4 members (excludes halogenated alkanes) is 1. The molecule has 0 rings (SSSR count). The van der Waals surface area contributed by atoms with E-state index >= 15 is 0 Å². The molecule has 15 heavy (non-hydrogen) atoms. The van der Waals surface area contributed by atoms with E-state index in [2.05, 4.69) is 4.99 Å². The van der Waals surface area contributed by atoms with Gasteiger partial charge in [-0.25, -0.2) is 0 Å². The summed E-state index contributed by atoms with van der Waals surface area (Å²) in [5, 5.41) is 0. The summed E-state index contributed by atoms with van der Waals surface area (Å²) in [6, 6.07) is 0. The van der Waals surface area contributed by atoms with Crippen molar-refractivity contribution in [3.63, 3.8) is 0 Å². The Labute approximate surface area is 87.4 Å². The third kappa shape index (κ3) is 6.76. The van der Waals surface area contributed by atoms with E-state index in [9.17, 15) is 13.2 Å². The monoisotopic (exact) mass is 220 g/mol. The van der Waals surface area contributed by atoms with Gasteiger partial charge in [-0.1, -0.05) is 19.4 Å². The van der Waals surface area contributed by atoms with Gasteiger partial charge in [0.1, 0.15) is 0 Å². The molecule has 0 atom stereocenters. The van der Waals surface area contributed by atoms with E-state index in [4.69, 9.17) is 5.73 Å². The summed E-state index contributed by atoms with van der Waals surface area (Å²) in [5.74, 6) is 0. The Morgan fingerprint density at radius 3 is 2.40 bits per heavy atom. The van der Waals surface area contributed by atoms with Gasteiger partial charge in [0.25, 0.3) is 0 Å². The average molecular weight is 220 g/mol. The van der Waals surface area contributed by atoms with Gasteiger partial charge >= 0.3 is 6.18 Å². The molecule has 0 heterocycles. The number of aliphatic imine (C=N–C) groups is 1. The SMILES string of the molecule is CCC/C=C(/C=N/C=C(\C)N)C(F)(F)F. The van der Waals surface area contributed by atoms with Crippen molar-refractivity contribution in [1.29, 1.82) is 0 Å². The zero-order chi connectivity index (χ0) is 11.9. The van der Waals surface area contributed by atoms with Crippen molar-refractivity contribution in [2.24, 2.45) is 10.7 Å². The molecule has 0 aromatic heterocycles. The maximum absolute atomic E-state index is 12.4. The van der Waals surface area contributed by atoms with Gasteiger partial charge in [0.05, 0.1) is 5.57 Å². The summed E-state index contributed by atoms with van der Waals surface area (Å²) in [6.07, 6.45) is -0.207. The maximum Gasteiger partial charge on any atom is 0.417 e. The zero-order valence-electron chi connectivity index (χ0n) is 8.80. The van der Waals surface area contributed by atoms with Gasteiger partial charge in [0.2, 0.25) is 0 Å². The molecule has 0 bridgehead atoms. The van der Waals surface area contributed by atoms with E-state index < -0.39 is 11.7 Å².